The summed E-state index contributed by atoms with van der Waals surface area (Å²) >= 11 is 6.45. The molecule has 5 unspecified atom stereocenters. The molecule has 7 nitrogen and oxygen atoms in total. The van der Waals surface area contributed by atoms with Gasteiger partial charge in [-0.3, -0.25) is 9.59 Å². The number of hydrogen-bond donors (Lipinski definition) is 2. The first-order chi connectivity index (χ1) is 18.2. The lowest BCUT2D eigenvalue weighted by molar-refractivity contribution is -0.142. The molecule has 1 aliphatic rings. The van der Waals surface area contributed by atoms with E-state index in [1.807, 2.05) is 64.1 Å². The fourth-order valence-corrected chi connectivity index (χ4v) is 4.98. The lowest BCUT2D eigenvalue weighted by atomic mass is 9.95. The monoisotopic (exact) mass is 555 g/mol. The van der Waals surface area contributed by atoms with Gasteiger partial charge in [-0.15, -0.1) is 0 Å². The van der Waals surface area contributed by atoms with E-state index in [9.17, 15) is 14.4 Å². The molecule has 8 heteroatoms. The predicted octanol–water partition coefficient (Wildman–Crippen LogP) is 6.81. The average Bonchev–Trinajstić information content (AvgIpc) is 3.56. The minimum atomic E-state index is -0.921. The van der Waals surface area contributed by atoms with E-state index in [2.05, 4.69) is 17.6 Å². The highest BCUT2D eigenvalue weighted by atomic mass is 35.5. The van der Waals surface area contributed by atoms with Gasteiger partial charge in [0.15, 0.2) is 0 Å². The molecule has 39 heavy (non-hydrogen) atoms. The normalized spacial score (nSPS) is 18.9. The zero-order chi connectivity index (χ0) is 29.1. The number of nitrogens with one attached hydrogen (secondary N) is 2. The minimum Gasteiger partial charge on any atom is -0.444 e. The number of hydrogen-bond acceptors (Lipinski definition) is 4. The van der Waals surface area contributed by atoms with E-state index in [1.54, 1.807) is 31.7 Å². The van der Waals surface area contributed by atoms with E-state index in [0.717, 1.165) is 17.5 Å². The Hall–Kier alpha value is -3.06. The second kappa shape index (κ2) is 12.4. The molecular weight excluding hydrogens is 514 g/mol. The third-order valence-corrected chi connectivity index (χ3v) is 7.50. The molecule has 0 bridgehead atoms. The van der Waals surface area contributed by atoms with Crippen molar-refractivity contribution in [1.29, 1.82) is 0 Å². The number of ether oxygens (including phenoxy) is 1. The van der Waals surface area contributed by atoms with Crippen LogP contribution < -0.4 is 10.6 Å². The molecule has 0 spiro atoms. The van der Waals surface area contributed by atoms with Crippen molar-refractivity contribution in [1.82, 2.24) is 10.2 Å². The van der Waals surface area contributed by atoms with E-state index >= 15 is 0 Å². The SMILES string of the molecule is CCC(C)C(NC(=O)OC(C)(C)C)C(=O)N(C(C(=O)Nc1c(C)cccc1Cl)c1cccc(C)c1)C1CC1C. The fraction of sp³-hybridized carbons (Fsp3) is 0.516. The van der Waals surface area contributed by atoms with E-state index in [1.165, 1.54) is 0 Å². The van der Waals surface area contributed by atoms with Crippen LogP contribution in [-0.4, -0.2) is 40.5 Å². The number of alkyl carbamates (subject to hydrolysis) is 1. The van der Waals surface area contributed by atoms with Crippen molar-refractivity contribution in [2.75, 3.05) is 5.32 Å². The van der Waals surface area contributed by atoms with Crippen LogP contribution >= 0.6 is 11.6 Å². The van der Waals surface area contributed by atoms with Gasteiger partial charge in [0.2, 0.25) is 5.91 Å². The number of halogens is 1. The third kappa shape index (κ3) is 7.75. The van der Waals surface area contributed by atoms with Gasteiger partial charge in [-0.25, -0.2) is 4.79 Å². The summed E-state index contributed by atoms with van der Waals surface area (Å²) in [6.07, 6.45) is 0.764. The van der Waals surface area contributed by atoms with E-state index < -0.39 is 23.8 Å². The van der Waals surface area contributed by atoms with Crippen molar-refractivity contribution in [3.63, 3.8) is 0 Å². The van der Waals surface area contributed by atoms with Gasteiger partial charge in [0.25, 0.3) is 5.91 Å². The van der Waals surface area contributed by atoms with Crippen LogP contribution in [0.15, 0.2) is 42.5 Å². The second-order valence-electron chi connectivity index (χ2n) is 11.8. The molecule has 0 heterocycles. The molecule has 212 valence electrons. The van der Waals surface area contributed by atoms with Crippen molar-refractivity contribution >= 4 is 35.2 Å². The second-order valence-corrected chi connectivity index (χ2v) is 12.2. The number of nitrogens with zero attached hydrogens (tertiary/aromatic N) is 1. The summed E-state index contributed by atoms with van der Waals surface area (Å²) in [5, 5.41) is 6.25. The molecule has 3 amide bonds. The molecular formula is C31H42ClN3O4. The molecule has 2 aromatic rings. The Morgan fingerprint density at radius 2 is 1.77 bits per heavy atom. The van der Waals surface area contributed by atoms with Gasteiger partial charge >= 0.3 is 6.09 Å². The van der Waals surface area contributed by atoms with Crippen LogP contribution in [0.4, 0.5) is 10.5 Å². The van der Waals surface area contributed by atoms with E-state index in [4.69, 9.17) is 16.3 Å². The number of anilines is 1. The van der Waals surface area contributed by atoms with Crippen LogP contribution in [0.2, 0.25) is 5.02 Å². The van der Waals surface area contributed by atoms with Crippen LogP contribution in [0.3, 0.4) is 0 Å². The van der Waals surface area contributed by atoms with Crippen molar-refractivity contribution in [2.45, 2.75) is 92.0 Å². The molecule has 2 N–H and O–H groups in total. The van der Waals surface area contributed by atoms with E-state index in [-0.39, 0.29) is 29.7 Å². The quantitative estimate of drug-likeness (QED) is 0.355. The zero-order valence-electron chi connectivity index (χ0n) is 24.3. The van der Waals surface area contributed by atoms with Crippen LogP contribution in [0.1, 0.15) is 77.1 Å². The maximum absolute atomic E-state index is 14.4. The lowest BCUT2D eigenvalue weighted by Gasteiger charge is -2.36. The maximum atomic E-state index is 14.4. The zero-order valence-corrected chi connectivity index (χ0v) is 25.1. The fourth-order valence-electron chi connectivity index (χ4n) is 4.71. The lowest BCUT2D eigenvalue weighted by Crippen LogP contribution is -2.55. The minimum absolute atomic E-state index is 0.145. The van der Waals surface area contributed by atoms with Gasteiger partial charge in [-0.05, 0) is 70.1 Å². The Kier molecular flexibility index (Phi) is 9.70. The smallest absolute Gasteiger partial charge is 0.408 e. The first kappa shape index (κ1) is 30.5. The highest BCUT2D eigenvalue weighted by Crippen LogP contribution is 2.42. The first-order valence-corrected chi connectivity index (χ1v) is 14.1. The predicted molar refractivity (Wildman–Crippen MR) is 156 cm³/mol. The number of amides is 3. The maximum Gasteiger partial charge on any atom is 0.408 e. The number of carbonyl (C=O) groups is 3. The molecule has 5 atom stereocenters. The van der Waals surface area contributed by atoms with Gasteiger partial charge in [-0.2, -0.15) is 0 Å². The summed E-state index contributed by atoms with van der Waals surface area (Å²) in [5.74, 6) is -0.629. The summed E-state index contributed by atoms with van der Waals surface area (Å²) in [4.78, 5) is 43.0. The van der Waals surface area contributed by atoms with Gasteiger partial charge in [0, 0.05) is 6.04 Å². The first-order valence-electron chi connectivity index (χ1n) is 13.7. The van der Waals surface area contributed by atoms with Gasteiger partial charge in [0.05, 0.1) is 10.7 Å². The summed E-state index contributed by atoms with van der Waals surface area (Å²) in [6, 6.07) is 11.1. The van der Waals surface area contributed by atoms with Crippen molar-refractivity contribution in [3.05, 3.63) is 64.2 Å². The van der Waals surface area contributed by atoms with Gasteiger partial charge in [-0.1, -0.05) is 80.8 Å². The number of para-hydroxylation sites is 1. The highest BCUT2D eigenvalue weighted by Gasteiger charge is 2.49. The Morgan fingerprint density at radius 1 is 1.13 bits per heavy atom. The summed E-state index contributed by atoms with van der Waals surface area (Å²) < 4.78 is 5.49. The Labute approximate surface area is 237 Å². The average molecular weight is 556 g/mol. The van der Waals surface area contributed by atoms with Gasteiger partial charge < -0.3 is 20.3 Å². The molecule has 1 fully saturated rings. The molecule has 0 radical (unpaired) electrons. The summed E-state index contributed by atoms with van der Waals surface area (Å²) in [6.45, 7) is 15.1. The number of aryl methyl sites for hydroxylation is 2. The number of rotatable bonds is 9. The van der Waals surface area contributed by atoms with Crippen LogP contribution in [0, 0.1) is 25.7 Å². The molecule has 3 rings (SSSR count). The summed E-state index contributed by atoms with van der Waals surface area (Å²) in [5.41, 5.74) is 2.30. The Morgan fingerprint density at radius 3 is 2.31 bits per heavy atom. The van der Waals surface area contributed by atoms with Crippen molar-refractivity contribution in [3.8, 4) is 0 Å². The van der Waals surface area contributed by atoms with Crippen LogP contribution in [0.25, 0.3) is 0 Å². The third-order valence-electron chi connectivity index (χ3n) is 7.18. The summed E-state index contributed by atoms with van der Waals surface area (Å²) in [7, 11) is 0. The number of benzene rings is 2. The Bertz CT molecular complexity index is 1190. The standard InChI is InChI=1S/C31H42ClN3O4/c1-9-19(3)26(34-30(38)39-31(6,7)8)29(37)35(24-17-21(24)5)27(22-14-10-12-18(2)16-22)28(36)33-25-20(4)13-11-15-23(25)32/h10-16,19,21,24,26-27H,9,17H2,1-8H3,(H,33,36)(H,34,38). The largest absolute Gasteiger partial charge is 0.444 e. The molecule has 1 saturated carbocycles. The van der Waals surface area contributed by atoms with Gasteiger partial charge in [0.1, 0.15) is 17.7 Å². The van der Waals surface area contributed by atoms with E-state index in [0.29, 0.717) is 22.7 Å². The van der Waals surface area contributed by atoms with Crippen LogP contribution in [0.5, 0.6) is 0 Å². The molecule has 0 saturated heterocycles. The topological polar surface area (TPSA) is 87.7 Å². The molecule has 1 aliphatic carbocycles. The van der Waals surface area contributed by atoms with Crippen LogP contribution in [-0.2, 0) is 14.3 Å². The van der Waals surface area contributed by atoms with Crippen molar-refractivity contribution < 1.29 is 19.1 Å². The molecule has 2 aromatic carbocycles. The highest BCUT2D eigenvalue weighted by molar-refractivity contribution is 6.34. The molecule has 0 aromatic heterocycles. The molecule has 0 aliphatic heterocycles. The Balaban J connectivity index is 2.07. The number of carbonyl (C=O) groups excluding carboxylic acids is 3. The van der Waals surface area contributed by atoms with Crippen molar-refractivity contribution in [2.24, 2.45) is 11.8 Å².